The van der Waals surface area contributed by atoms with Crippen molar-refractivity contribution in [2.75, 3.05) is 6.61 Å². The van der Waals surface area contributed by atoms with Crippen LogP contribution < -0.4 is 4.74 Å². The maximum absolute atomic E-state index is 9.32. The van der Waals surface area contributed by atoms with Gasteiger partial charge in [-0.15, -0.1) is 11.3 Å². The van der Waals surface area contributed by atoms with Crippen LogP contribution in [0.2, 0.25) is 0 Å². The lowest BCUT2D eigenvalue weighted by atomic mass is 9.76. The molecule has 116 valence electrons. The van der Waals surface area contributed by atoms with E-state index in [9.17, 15) is 5.21 Å². The minimum atomic E-state index is 0.148. The Morgan fingerprint density at radius 3 is 2.59 bits per heavy atom. The van der Waals surface area contributed by atoms with Gasteiger partial charge in [-0.05, 0) is 61.1 Å². The lowest BCUT2D eigenvalue weighted by molar-refractivity contribution is 0.307. The van der Waals surface area contributed by atoms with E-state index in [1.807, 2.05) is 19.1 Å². The van der Waals surface area contributed by atoms with E-state index in [-0.39, 0.29) is 5.41 Å². The Labute approximate surface area is 135 Å². The number of fused-ring (bicyclic) bond motifs is 1. The van der Waals surface area contributed by atoms with Gasteiger partial charge in [0.15, 0.2) is 0 Å². The fourth-order valence-electron chi connectivity index (χ4n) is 2.96. The molecule has 3 rings (SSSR count). The minimum absolute atomic E-state index is 0.148. The summed E-state index contributed by atoms with van der Waals surface area (Å²) in [6, 6.07) is 10.3. The van der Waals surface area contributed by atoms with Crippen molar-refractivity contribution in [2.45, 2.75) is 33.6 Å². The molecule has 0 amide bonds. The predicted molar refractivity (Wildman–Crippen MR) is 91.3 cm³/mol. The highest BCUT2D eigenvalue weighted by Crippen LogP contribution is 2.42. The molecule has 1 heterocycles. The lowest BCUT2D eigenvalue weighted by Crippen LogP contribution is -2.26. The van der Waals surface area contributed by atoms with Crippen molar-refractivity contribution in [3.63, 3.8) is 0 Å². The smallest absolute Gasteiger partial charge is 0.119 e. The van der Waals surface area contributed by atoms with Crippen LogP contribution >= 0.6 is 11.3 Å². The highest BCUT2D eigenvalue weighted by Gasteiger charge is 2.31. The molecular weight excluding hydrogens is 294 g/mol. The topological polar surface area (TPSA) is 41.8 Å². The van der Waals surface area contributed by atoms with Crippen molar-refractivity contribution in [1.82, 2.24) is 0 Å². The first-order valence-corrected chi connectivity index (χ1v) is 8.41. The van der Waals surface area contributed by atoms with Crippen molar-refractivity contribution in [1.29, 1.82) is 0 Å². The molecule has 0 fully saturated rings. The second-order valence-electron chi connectivity index (χ2n) is 6.47. The van der Waals surface area contributed by atoms with E-state index in [1.165, 1.54) is 15.3 Å². The first kappa shape index (κ1) is 15.1. The molecule has 1 aliphatic carbocycles. The van der Waals surface area contributed by atoms with E-state index >= 15 is 0 Å². The third-order valence-electron chi connectivity index (χ3n) is 3.98. The van der Waals surface area contributed by atoms with Gasteiger partial charge in [0.25, 0.3) is 0 Å². The first-order valence-electron chi connectivity index (χ1n) is 7.59. The Balaban J connectivity index is 1.96. The normalized spacial score (nSPS) is 18.2. The van der Waals surface area contributed by atoms with Crippen LogP contribution in [-0.4, -0.2) is 17.5 Å². The van der Waals surface area contributed by atoms with E-state index < -0.39 is 0 Å². The summed E-state index contributed by atoms with van der Waals surface area (Å²) in [5.41, 5.74) is 3.24. The summed E-state index contributed by atoms with van der Waals surface area (Å²) >= 11 is 1.80. The zero-order chi connectivity index (χ0) is 15.7. The molecule has 22 heavy (non-hydrogen) atoms. The van der Waals surface area contributed by atoms with Crippen LogP contribution in [0.15, 0.2) is 35.5 Å². The second kappa shape index (κ2) is 5.76. The highest BCUT2D eigenvalue weighted by molar-refractivity contribution is 7.15. The van der Waals surface area contributed by atoms with Crippen LogP contribution in [0.5, 0.6) is 5.75 Å². The quantitative estimate of drug-likeness (QED) is 0.642. The Morgan fingerprint density at radius 2 is 1.95 bits per heavy atom. The van der Waals surface area contributed by atoms with Crippen LogP contribution in [0.1, 0.15) is 37.6 Å². The summed E-state index contributed by atoms with van der Waals surface area (Å²) in [6.45, 7) is 7.10. The van der Waals surface area contributed by atoms with Gasteiger partial charge in [-0.25, -0.2) is 0 Å². The fraction of sp³-hybridized carbons (Fsp3) is 0.389. The van der Waals surface area contributed by atoms with E-state index in [4.69, 9.17) is 4.74 Å². The average molecular weight is 315 g/mol. The van der Waals surface area contributed by atoms with E-state index in [0.29, 0.717) is 6.61 Å². The van der Waals surface area contributed by atoms with Gasteiger partial charge in [-0.2, -0.15) is 0 Å². The van der Waals surface area contributed by atoms with E-state index in [2.05, 4.69) is 37.2 Å². The predicted octanol–water partition coefficient (Wildman–Crippen LogP) is 4.96. The Kier molecular flexibility index (Phi) is 3.96. The molecule has 1 aliphatic rings. The van der Waals surface area contributed by atoms with Gasteiger partial charge >= 0.3 is 0 Å². The van der Waals surface area contributed by atoms with Crippen molar-refractivity contribution in [3.8, 4) is 16.2 Å². The number of hydrogen-bond donors (Lipinski definition) is 1. The van der Waals surface area contributed by atoms with Crippen molar-refractivity contribution >= 4 is 17.0 Å². The van der Waals surface area contributed by atoms with Gasteiger partial charge in [-0.3, -0.25) is 0 Å². The molecule has 0 unspecified atom stereocenters. The van der Waals surface area contributed by atoms with Crippen LogP contribution in [0.4, 0.5) is 0 Å². The summed E-state index contributed by atoms with van der Waals surface area (Å²) in [5.74, 6) is 0.895. The highest BCUT2D eigenvalue weighted by atomic mass is 32.1. The number of thiophene rings is 1. The van der Waals surface area contributed by atoms with E-state index in [0.717, 1.165) is 29.9 Å². The Morgan fingerprint density at radius 1 is 1.23 bits per heavy atom. The van der Waals surface area contributed by atoms with Gasteiger partial charge in [0.1, 0.15) is 5.75 Å². The van der Waals surface area contributed by atoms with Crippen LogP contribution in [0.3, 0.4) is 0 Å². The van der Waals surface area contributed by atoms with Gasteiger partial charge in [0.05, 0.1) is 12.3 Å². The number of rotatable bonds is 3. The molecule has 1 aromatic heterocycles. The van der Waals surface area contributed by atoms with Gasteiger partial charge in [-0.1, -0.05) is 19.0 Å². The molecule has 0 bridgehead atoms. The standard InChI is InChI=1S/C18H21NO2S/c1-4-21-13-7-5-12(6-8-13)16-9-14-15(19-20)10-18(2,3)11-17(14)22-16/h5-9,20H,4,10-11H2,1-3H3/b19-15-. The molecule has 0 saturated heterocycles. The number of hydrogen-bond acceptors (Lipinski definition) is 4. The van der Waals surface area contributed by atoms with Crippen molar-refractivity contribution in [3.05, 3.63) is 40.8 Å². The molecule has 0 aliphatic heterocycles. The molecular formula is C18H21NO2S. The number of benzene rings is 1. The Hall–Kier alpha value is -1.81. The molecule has 3 nitrogen and oxygen atoms in total. The molecule has 0 radical (unpaired) electrons. The Bertz CT molecular complexity index is 698. The number of nitrogens with zero attached hydrogens (tertiary/aromatic N) is 1. The van der Waals surface area contributed by atoms with Gasteiger partial charge < -0.3 is 9.94 Å². The monoisotopic (exact) mass is 315 g/mol. The summed E-state index contributed by atoms with van der Waals surface area (Å²) in [7, 11) is 0. The molecule has 0 atom stereocenters. The summed E-state index contributed by atoms with van der Waals surface area (Å²) in [5, 5.41) is 12.9. The van der Waals surface area contributed by atoms with E-state index in [1.54, 1.807) is 11.3 Å². The van der Waals surface area contributed by atoms with Crippen LogP contribution in [-0.2, 0) is 6.42 Å². The summed E-state index contributed by atoms with van der Waals surface area (Å²) in [6.07, 6.45) is 1.85. The summed E-state index contributed by atoms with van der Waals surface area (Å²) in [4.78, 5) is 2.53. The molecule has 1 aromatic carbocycles. The zero-order valence-corrected chi connectivity index (χ0v) is 14.0. The molecule has 4 heteroatoms. The summed E-state index contributed by atoms with van der Waals surface area (Å²) < 4.78 is 5.49. The first-order chi connectivity index (χ1) is 10.5. The molecule has 0 spiro atoms. The SMILES string of the molecule is CCOc1ccc(-c2cc3c(s2)CC(C)(C)C/C3=N/O)cc1. The van der Waals surface area contributed by atoms with Gasteiger partial charge in [0, 0.05) is 15.3 Å². The zero-order valence-electron chi connectivity index (χ0n) is 13.2. The second-order valence-corrected chi connectivity index (χ2v) is 7.61. The molecule has 1 N–H and O–H groups in total. The maximum Gasteiger partial charge on any atom is 0.119 e. The lowest BCUT2D eigenvalue weighted by Gasteiger charge is -2.29. The third-order valence-corrected chi connectivity index (χ3v) is 5.16. The average Bonchev–Trinajstić information content (AvgIpc) is 2.90. The van der Waals surface area contributed by atoms with Crippen molar-refractivity contribution in [2.24, 2.45) is 10.6 Å². The van der Waals surface area contributed by atoms with Crippen LogP contribution in [0.25, 0.3) is 10.4 Å². The third kappa shape index (κ3) is 2.88. The maximum atomic E-state index is 9.32. The van der Waals surface area contributed by atoms with Crippen LogP contribution in [0, 0.1) is 5.41 Å². The number of ether oxygens (including phenoxy) is 1. The van der Waals surface area contributed by atoms with Gasteiger partial charge in [0.2, 0.25) is 0 Å². The fourth-order valence-corrected chi connectivity index (χ4v) is 4.41. The largest absolute Gasteiger partial charge is 0.494 e. The minimum Gasteiger partial charge on any atom is -0.494 e. The molecule has 0 saturated carbocycles. The number of oxime groups is 1. The van der Waals surface area contributed by atoms with Crippen molar-refractivity contribution < 1.29 is 9.94 Å². The molecule has 2 aromatic rings.